The molecule has 1 aromatic carbocycles. The first kappa shape index (κ1) is 24.9. The van der Waals surface area contributed by atoms with Crippen LogP contribution in [0.5, 0.6) is 0 Å². The Hall–Kier alpha value is -3.36. The lowest BCUT2D eigenvalue weighted by Gasteiger charge is -2.29. The molecule has 0 aromatic heterocycles. The minimum atomic E-state index is -5.22. The molecule has 4 N–H and O–H groups in total. The van der Waals surface area contributed by atoms with E-state index in [4.69, 9.17) is 10.5 Å². The summed E-state index contributed by atoms with van der Waals surface area (Å²) >= 11 is 0. The van der Waals surface area contributed by atoms with E-state index in [-0.39, 0.29) is 31.1 Å². The highest BCUT2D eigenvalue weighted by atomic mass is 19.3. The van der Waals surface area contributed by atoms with E-state index in [1.807, 2.05) is 5.32 Å². The fourth-order valence-electron chi connectivity index (χ4n) is 2.63. The molecule has 32 heavy (non-hydrogen) atoms. The highest BCUT2D eigenvalue weighted by Gasteiger charge is 2.50. The topological polar surface area (TPSA) is 131 Å². The van der Waals surface area contributed by atoms with Crippen molar-refractivity contribution >= 4 is 35.0 Å². The Labute approximate surface area is 175 Å². The van der Waals surface area contributed by atoms with Crippen molar-refractivity contribution in [2.45, 2.75) is 24.8 Å². The number of nitrogens with one attached hydrogen (secondary N) is 2. The molecule has 1 atom stereocenters. The van der Waals surface area contributed by atoms with E-state index in [0.29, 0.717) is 0 Å². The van der Waals surface area contributed by atoms with Gasteiger partial charge in [0.2, 0.25) is 5.91 Å². The first-order valence-corrected chi connectivity index (χ1v) is 8.73. The van der Waals surface area contributed by atoms with E-state index in [1.165, 1.54) is 0 Å². The number of nitrogens with two attached hydrogens (primary N) is 1. The van der Waals surface area contributed by atoms with Crippen LogP contribution in [0.4, 0.5) is 37.7 Å². The van der Waals surface area contributed by atoms with Gasteiger partial charge >= 0.3 is 12.3 Å². The maximum Gasteiger partial charge on any atom is 0.383 e. The molecule has 4 amide bonds. The van der Waals surface area contributed by atoms with Crippen LogP contribution in [0.15, 0.2) is 18.2 Å². The highest BCUT2D eigenvalue weighted by molar-refractivity contribution is 6.12. The molecule has 0 radical (unpaired) electrons. The Bertz CT molecular complexity index is 913. The SMILES string of the molecule is NC(=O)[C@@H](NC(=O)C(F)(F)C(F)F)C(=O)Nc1ccc(N2CCOCC2=O)c(C(F)F)c1. The Balaban J connectivity index is 2.25. The minimum absolute atomic E-state index is 0.0155. The summed E-state index contributed by atoms with van der Waals surface area (Å²) in [6.45, 7) is -0.251. The second-order valence-electron chi connectivity index (χ2n) is 6.39. The van der Waals surface area contributed by atoms with Gasteiger partial charge in [0.05, 0.1) is 12.3 Å². The molecule has 15 heteroatoms. The number of rotatable bonds is 8. The lowest BCUT2D eigenvalue weighted by atomic mass is 10.1. The van der Waals surface area contributed by atoms with Crippen LogP contribution in [0.25, 0.3) is 0 Å². The van der Waals surface area contributed by atoms with Crippen LogP contribution in [0.3, 0.4) is 0 Å². The first-order chi connectivity index (χ1) is 14.9. The van der Waals surface area contributed by atoms with Crippen molar-refractivity contribution in [3.05, 3.63) is 23.8 Å². The molecule has 0 unspecified atom stereocenters. The fraction of sp³-hybridized carbons (Fsp3) is 0.412. The molecule has 1 heterocycles. The van der Waals surface area contributed by atoms with Crippen LogP contribution in [-0.4, -0.2) is 61.8 Å². The summed E-state index contributed by atoms with van der Waals surface area (Å²) in [5, 5.41) is 2.99. The van der Waals surface area contributed by atoms with Gasteiger partial charge in [0.25, 0.3) is 24.1 Å². The van der Waals surface area contributed by atoms with E-state index >= 15 is 0 Å². The first-order valence-electron chi connectivity index (χ1n) is 8.73. The summed E-state index contributed by atoms with van der Waals surface area (Å²) in [5.74, 6) is -11.7. The molecule has 0 aliphatic carbocycles. The van der Waals surface area contributed by atoms with Crippen LogP contribution in [0, 0.1) is 0 Å². The number of amides is 4. The van der Waals surface area contributed by atoms with Crippen molar-refractivity contribution in [1.82, 2.24) is 5.32 Å². The van der Waals surface area contributed by atoms with Crippen LogP contribution < -0.4 is 21.3 Å². The van der Waals surface area contributed by atoms with E-state index in [0.717, 1.165) is 28.4 Å². The van der Waals surface area contributed by atoms with E-state index in [1.54, 1.807) is 0 Å². The van der Waals surface area contributed by atoms with Gasteiger partial charge in [-0.1, -0.05) is 0 Å². The van der Waals surface area contributed by atoms with Gasteiger partial charge < -0.3 is 26.0 Å². The third kappa shape index (κ3) is 5.46. The lowest BCUT2D eigenvalue weighted by Crippen LogP contribution is -2.57. The number of alkyl halides is 6. The Morgan fingerprint density at radius 3 is 2.34 bits per heavy atom. The number of ether oxygens (including phenoxy) is 1. The van der Waals surface area contributed by atoms with Crippen molar-refractivity contribution in [1.29, 1.82) is 0 Å². The average Bonchev–Trinajstić information content (AvgIpc) is 2.71. The van der Waals surface area contributed by atoms with Gasteiger partial charge in [-0.15, -0.1) is 0 Å². The summed E-state index contributed by atoms with van der Waals surface area (Å²) in [5.41, 5.74) is 3.60. The fourth-order valence-corrected chi connectivity index (χ4v) is 2.63. The Kier molecular flexibility index (Phi) is 7.66. The Morgan fingerprint density at radius 1 is 1.16 bits per heavy atom. The Morgan fingerprint density at radius 2 is 1.81 bits per heavy atom. The van der Waals surface area contributed by atoms with E-state index < -0.39 is 54.0 Å². The highest BCUT2D eigenvalue weighted by Crippen LogP contribution is 2.33. The molecule has 1 aromatic rings. The molecule has 1 aliphatic heterocycles. The zero-order valence-electron chi connectivity index (χ0n) is 15.9. The summed E-state index contributed by atoms with van der Waals surface area (Å²) < 4.78 is 82.7. The number of primary amides is 1. The quantitative estimate of drug-likeness (QED) is 0.382. The number of carbonyl (C=O) groups excluding carboxylic acids is 4. The molecule has 1 saturated heterocycles. The summed E-state index contributed by atoms with van der Waals surface area (Å²) in [7, 11) is 0. The monoisotopic (exact) mass is 470 g/mol. The van der Waals surface area contributed by atoms with Crippen LogP contribution >= 0.6 is 0 Å². The lowest BCUT2D eigenvalue weighted by molar-refractivity contribution is -0.171. The number of morpholine rings is 1. The average molecular weight is 470 g/mol. The number of carbonyl (C=O) groups is 4. The molecule has 0 spiro atoms. The molecule has 1 fully saturated rings. The van der Waals surface area contributed by atoms with Gasteiger partial charge in [-0.05, 0) is 18.2 Å². The number of benzene rings is 1. The molecule has 2 rings (SSSR count). The maximum atomic E-state index is 13.5. The maximum absolute atomic E-state index is 13.5. The number of halogens is 6. The van der Waals surface area contributed by atoms with Crippen molar-refractivity contribution in [3.8, 4) is 0 Å². The number of nitrogens with zero attached hydrogens (tertiary/aromatic N) is 1. The van der Waals surface area contributed by atoms with Gasteiger partial charge in [-0.3, -0.25) is 19.2 Å². The molecule has 0 saturated carbocycles. The molecule has 176 valence electrons. The van der Waals surface area contributed by atoms with Gasteiger partial charge in [0.1, 0.15) is 6.61 Å². The van der Waals surface area contributed by atoms with Gasteiger partial charge in [0.15, 0.2) is 6.04 Å². The summed E-state index contributed by atoms with van der Waals surface area (Å²) in [6, 6.07) is 0.343. The van der Waals surface area contributed by atoms with Gasteiger partial charge in [-0.2, -0.15) is 8.78 Å². The number of anilines is 2. The van der Waals surface area contributed by atoms with Crippen LogP contribution in [0.2, 0.25) is 0 Å². The normalized spacial score (nSPS) is 15.6. The number of hydrogen-bond donors (Lipinski definition) is 3. The number of hydrogen-bond acceptors (Lipinski definition) is 5. The van der Waals surface area contributed by atoms with Gasteiger partial charge in [-0.25, -0.2) is 17.6 Å². The molecular formula is C17H16F6N4O5. The second kappa shape index (κ2) is 9.84. The summed E-state index contributed by atoms with van der Waals surface area (Å²) in [6.07, 6.45) is -7.54. The minimum Gasteiger partial charge on any atom is -0.370 e. The zero-order chi connectivity index (χ0) is 24.2. The molecule has 9 nitrogen and oxygen atoms in total. The van der Waals surface area contributed by atoms with Gasteiger partial charge in [0, 0.05) is 17.8 Å². The standard InChI is InChI=1S/C17H16F6N4O5/c18-12(19)8-5-7(1-2-9(8)27-3-4-32-6-10(27)28)25-14(30)11(13(24)29)26-16(31)17(22,23)15(20)21/h1-2,5,11-12,15H,3-4,6H2,(H2,24,29)(H,25,30)(H,26,31)/t11-/m1/s1. The predicted octanol–water partition coefficient (Wildman–Crippen LogP) is 0.796. The molecule has 1 aliphatic rings. The van der Waals surface area contributed by atoms with Crippen molar-refractivity contribution < 1.29 is 50.3 Å². The largest absolute Gasteiger partial charge is 0.383 e. The van der Waals surface area contributed by atoms with Crippen molar-refractivity contribution in [2.24, 2.45) is 5.73 Å². The zero-order valence-corrected chi connectivity index (χ0v) is 15.9. The van der Waals surface area contributed by atoms with Crippen LogP contribution in [-0.2, 0) is 23.9 Å². The smallest absolute Gasteiger partial charge is 0.370 e. The molecular weight excluding hydrogens is 454 g/mol. The van der Waals surface area contributed by atoms with Crippen molar-refractivity contribution in [3.63, 3.8) is 0 Å². The van der Waals surface area contributed by atoms with Crippen molar-refractivity contribution in [2.75, 3.05) is 30.0 Å². The molecule has 0 bridgehead atoms. The summed E-state index contributed by atoms with van der Waals surface area (Å²) in [4.78, 5) is 47.8. The van der Waals surface area contributed by atoms with E-state index in [9.17, 15) is 45.5 Å². The van der Waals surface area contributed by atoms with E-state index in [2.05, 4.69) is 0 Å². The predicted molar refractivity (Wildman–Crippen MR) is 95.3 cm³/mol. The second-order valence-corrected chi connectivity index (χ2v) is 6.39. The third-order valence-electron chi connectivity index (χ3n) is 4.21. The third-order valence-corrected chi connectivity index (χ3v) is 4.21. The van der Waals surface area contributed by atoms with Crippen LogP contribution in [0.1, 0.15) is 12.0 Å².